The third kappa shape index (κ3) is 2.12. The molecule has 0 spiro atoms. The number of hydrogen-bond acceptors (Lipinski definition) is 3. The number of rotatable bonds is 2. The van der Waals surface area contributed by atoms with Crippen LogP contribution in [0.4, 0.5) is 5.69 Å². The van der Waals surface area contributed by atoms with E-state index in [9.17, 15) is 4.79 Å². The van der Waals surface area contributed by atoms with Crippen molar-refractivity contribution in [2.45, 2.75) is 6.92 Å². The zero-order valence-electron chi connectivity index (χ0n) is 9.29. The third-order valence-electron chi connectivity index (χ3n) is 2.78. The normalized spacial score (nSPS) is 16.8. The van der Waals surface area contributed by atoms with E-state index in [1.165, 1.54) is 0 Å². The lowest BCUT2D eigenvalue weighted by Crippen LogP contribution is -2.50. The number of amides is 1. The van der Waals surface area contributed by atoms with Gasteiger partial charge in [0.2, 0.25) is 5.91 Å². The summed E-state index contributed by atoms with van der Waals surface area (Å²) in [5.41, 5.74) is 0.482. The lowest BCUT2D eigenvalue weighted by Gasteiger charge is -2.33. The van der Waals surface area contributed by atoms with E-state index in [-0.39, 0.29) is 19.1 Å². The summed E-state index contributed by atoms with van der Waals surface area (Å²) in [4.78, 5) is 11.9. The first kappa shape index (κ1) is 11.9. The highest BCUT2D eigenvalue weighted by Gasteiger charge is 2.46. The summed E-state index contributed by atoms with van der Waals surface area (Å²) in [6, 6.07) is 7.22. The number of hydrogen-bond donors (Lipinski definition) is 1. The predicted molar refractivity (Wildman–Crippen MR) is 63.7 cm³/mol. The predicted octanol–water partition coefficient (Wildman–Crippen LogP) is 2.13. The lowest BCUT2D eigenvalue weighted by molar-refractivity contribution is -0.144. The Kier molecular flexibility index (Phi) is 3.05. The Hall–Kier alpha value is -1.57. The Morgan fingerprint density at radius 1 is 1.59 bits per heavy atom. The van der Waals surface area contributed by atoms with Crippen molar-refractivity contribution in [2.24, 2.45) is 5.41 Å². The first-order valence-corrected chi connectivity index (χ1v) is 5.52. The molecule has 1 saturated heterocycles. The SMILES string of the molecule is Cc1ccc(NC(=O)C2(C#N)COC2)cc1Cl. The van der Waals surface area contributed by atoms with Crippen LogP contribution in [-0.4, -0.2) is 19.1 Å². The van der Waals surface area contributed by atoms with Crippen LogP contribution in [0, 0.1) is 23.7 Å². The molecule has 1 aromatic carbocycles. The van der Waals surface area contributed by atoms with Gasteiger partial charge in [-0.3, -0.25) is 4.79 Å². The van der Waals surface area contributed by atoms with E-state index in [1.807, 2.05) is 19.1 Å². The van der Waals surface area contributed by atoms with Crippen molar-refractivity contribution in [3.63, 3.8) is 0 Å². The summed E-state index contributed by atoms with van der Waals surface area (Å²) >= 11 is 5.95. The molecule has 0 unspecified atom stereocenters. The molecule has 1 aliphatic rings. The van der Waals surface area contributed by atoms with Crippen LogP contribution >= 0.6 is 11.6 Å². The Balaban J connectivity index is 2.13. The van der Waals surface area contributed by atoms with E-state index >= 15 is 0 Å². The van der Waals surface area contributed by atoms with Crippen molar-refractivity contribution < 1.29 is 9.53 Å². The van der Waals surface area contributed by atoms with Gasteiger partial charge < -0.3 is 10.1 Å². The molecular weight excluding hydrogens is 240 g/mol. The summed E-state index contributed by atoms with van der Waals surface area (Å²) < 4.78 is 4.92. The molecule has 0 saturated carbocycles. The average molecular weight is 251 g/mol. The van der Waals surface area contributed by atoms with Crippen LogP contribution in [0.1, 0.15) is 5.56 Å². The van der Waals surface area contributed by atoms with Gasteiger partial charge in [-0.2, -0.15) is 5.26 Å². The summed E-state index contributed by atoms with van der Waals surface area (Å²) in [5, 5.41) is 12.2. The van der Waals surface area contributed by atoms with Crippen LogP contribution in [0.2, 0.25) is 5.02 Å². The first-order valence-electron chi connectivity index (χ1n) is 5.14. The highest BCUT2D eigenvalue weighted by Crippen LogP contribution is 2.29. The molecule has 17 heavy (non-hydrogen) atoms. The first-order chi connectivity index (χ1) is 8.07. The van der Waals surface area contributed by atoms with E-state index in [0.717, 1.165) is 5.56 Å². The molecule has 0 aromatic heterocycles. The van der Waals surface area contributed by atoms with E-state index in [4.69, 9.17) is 21.6 Å². The largest absolute Gasteiger partial charge is 0.377 e. The van der Waals surface area contributed by atoms with Gasteiger partial charge >= 0.3 is 0 Å². The molecule has 0 bridgehead atoms. The smallest absolute Gasteiger partial charge is 0.249 e. The summed E-state index contributed by atoms with van der Waals surface area (Å²) in [6.07, 6.45) is 0. The minimum atomic E-state index is -1.04. The van der Waals surface area contributed by atoms with Gasteiger partial charge in [0.15, 0.2) is 5.41 Å². The Morgan fingerprint density at radius 3 is 2.76 bits per heavy atom. The molecule has 88 valence electrons. The van der Waals surface area contributed by atoms with Crippen molar-refractivity contribution in [1.82, 2.24) is 0 Å². The van der Waals surface area contributed by atoms with Crippen molar-refractivity contribution in [3.05, 3.63) is 28.8 Å². The molecule has 4 nitrogen and oxygen atoms in total. The van der Waals surface area contributed by atoms with E-state index in [0.29, 0.717) is 10.7 Å². The Labute approximate surface area is 104 Å². The highest BCUT2D eigenvalue weighted by molar-refractivity contribution is 6.31. The minimum absolute atomic E-state index is 0.148. The zero-order chi connectivity index (χ0) is 12.5. The fraction of sp³-hybridized carbons (Fsp3) is 0.333. The van der Waals surface area contributed by atoms with E-state index < -0.39 is 5.41 Å². The maximum atomic E-state index is 11.9. The van der Waals surface area contributed by atoms with Gasteiger partial charge in [-0.05, 0) is 24.6 Å². The number of carbonyl (C=O) groups excluding carboxylic acids is 1. The molecule has 0 radical (unpaired) electrons. The van der Waals surface area contributed by atoms with E-state index in [1.54, 1.807) is 12.1 Å². The minimum Gasteiger partial charge on any atom is -0.377 e. The van der Waals surface area contributed by atoms with Crippen molar-refractivity contribution >= 4 is 23.2 Å². The Bertz CT molecular complexity index is 504. The number of aryl methyl sites for hydroxylation is 1. The highest BCUT2D eigenvalue weighted by atomic mass is 35.5. The summed E-state index contributed by atoms with van der Waals surface area (Å²) in [5.74, 6) is -0.342. The maximum absolute atomic E-state index is 11.9. The fourth-order valence-electron chi connectivity index (χ4n) is 1.47. The second-order valence-corrected chi connectivity index (χ2v) is 4.51. The lowest BCUT2D eigenvalue weighted by atomic mass is 9.87. The number of nitriles is 1. The number of carbonyl (C=O) groups is 1. The topological polar surface area (TPSA) is 62.1 Å². The maximum Gasteiger partial charge on any atom is 0.249 e. The fourth-order valence-corrected chi connectivity index (χ4v) is 1.65. The molecule has 5 heteroatoms. The second kappa shape index (κ2) is 4.36. The van der Waals surface area contributed by atoms with Gasteiger partial charge in [0, 0.05) is 10.7 Å². The van der Waals surface area contributed by atoms with Crippen molar-refractivity contribution in [2.75, 3.05) is 18.5 Å². The molecule has 0 aliphatic carbocycles. The van der Waals surface area contributed by atoms with Crippen molar-refractivity contribution in [3.8, 4) is 6.07 Å². The van der Waals surface area contributed by atoms with Crippen LogP contribution in [0.15, 0.2) is 18.2 Å². The average Bonchev–Trinajstić information content (AvgIpc) is 2.23. The zero-order valence-corrected chi connectivity index (χ0v) is 10.0. The quantitative estimate of drug-likeness (QED) is 0.875. The number of anilines is 1. The molecule has 1 aromatic rings. The van der Waals surface area contributed by atoms with Gasteiger partial charge in [0.1, 0.15) is 0 Å². The van der Waals surface area contributed by atoms with Gasteiger partial charge in [-0.25, -0.2) is 0 Å². The molecule has 0 atom stereocenters. The van der Waals surface area contributed by atoms with Crippen LogP contribution in [0.3, 0.4) is 0 Å². The van der Waals surface area contributed by atoms with E-state index in [2.05, 4.69) is 5.32 Å². The van der Waals surface area contributed by atoms with Crippen LogP contribution in [-0.2, 0) is 9.53 Å². The van der Waals surface area contributed by atoms with Gasteiger partial charge in [-0.1, -0.05) is 17.7 Å². The monoisotopic (exact) mass is 250 g/mol. The third-order valence-corrected chi connectivity index (χ3v) is 3.18. The summed E-state index contributed by atoms with van der Waals surface area (Å²) in [7, 11) is 0. The number of ether oxygens (including phenoxy) is 1. The van der Waals surface area contributed by atoms with Crippen molar-refractivity contribution in [1.29, 1.82) is 5.26 Å². The van der Waals surface area contributed by atoms with Crippen LogP contribution in [0.25, 0.3) is 0 Å². The second-order valence-electron chi connectivity index (χ2n) is 4.10. The van der Waals surface area contributed by atoms with Crippen LogP contribution in [0.5, 0.6) is 0 Å². The molecular formula is C12H11ClN2O2. The Morgan fingerprint density at radius 2 is 2.29 bits per heavy atom. The number of nitrogens with zero attached hydrogens (tertiary/aromatic N) is 1. The summed E-state index contributed by atoms with van der Waals surface area (Å²) in [6.45, 7) is 2.17. The number of nitrogens with one attached hydrogen (secondary N) is 1. The number of benzene rings is 1. The van der Waals surface area contributed by atoms with Gasteiger partial charge in [0.25, 0.3) is 0 Å². The standard InChI is InChI=1S/C12H11ClN2O2/c1-8-2-3-9(4-10(8)13)15-11(16)12(5-14)6-17-7-12/h2-4H,6-7H2,1H3,(H,15,16). The van der Waals surface area contributed by atoms with Gasteiger partial charge in [0.05, 0.1) is 19.3 Å². The van der Waals surface area contributed by atoms with Crippen LogP contribution < -0.4 is 5.32 Å². The number of halogens is 1. The molecule has 1 fully saturated rings. The van der Waals surface area contributed by atoms with Gasteiger partial charge in [-0.15, -0.1) is 0 Å². The molecule has 1 amide bonds. The molecule has 1 heterocycles. The molecule has 1 aliphatic heterocycles. The molecule has 2 rings (SSSR count). The molecule has 1 N–H and O–H groups in total.